The average Bonchev–Trinajstić information content (AvgIpc) is 2.14. The number of hydrogen-bond donors (Lipinski definition) is 0. The predicted octanol–water partition coefficient (Wildman–Crippen LogP) is 1.92. The van der Waals surface area contributed by atoms with Gasteiger partial charge >= 0.3 is 0 Å². The second kappa shape index (κ2) is 2.62. The average molecular weight is 158 g/mol. The molecule has 1 rings (SSSR count). The summed E-state index contributed by atoms with van der Waals surface area (Å²) in [5, 5.41) is 0. The van der Waals surface area contributed by atoms with Gasteiger partial charge in [-0.05, 0) is 6.92 Å². The number of hydrogen-bond acceptors (Lipinski definition) is 3. The lowest BCUT2D eigenvalue weighted by Crippen LogP contribution is -1.88. The molecule has 0 aromatic rings. The summed E-state index contributed by atoms with van der Waals surface area (Å²) < 4.78 is 0.903. The van der Waals surface area contributed by atoms with E-state index in [0.717, 1.165) is 15.5 Å². The highest BCUT2D eigenvalue weighted by Gasteiger charge is 2.13. The molecule has 0 radical (unpaired) electrons. The molecule has 0 atom stereocenters. The Morgan fingerprint density at radius 2 is 2.56 bits per heavy atom. The van der Waals surface area contributed by atoms with Crippen LogP contribution in [0.4, 0.5) is 0 Å². The highest BCUT2D eigenvalue weighted by Crippen LogP contribution is 2.27. The zero-order valence-electron chi connectivity index (χ0n) is 5.01. The number of thioether (sulfide) groups is 1. The Balaban J connectivity index is 2.65. The first-order valence-electron chi connectivity index (χ1n) is 2.62. The quantitative estimate of drug-likeness (QED) is 0.543. The van der Waals surface area contributed by atoms with E-state index in [1.54, 1.807) is 6.92 Å². The van der Waals surface area contributed by atoms with Crippen LogP contribution in [0, 0.1) is 0 Å². The third-order valence-electron chi connectivity index (χ3n) is 1.02. The summed E-state index contributed by atoms with van der Waals surface area (Å²) in [6, 6.07) is 0. The van der Waals surface area contributed by atoms with Crippen molar-refractivity contribution in [3.8, 4) is 0 Å². The molecule has 0 N–H and O–H groups in total. The van der Waals surface area contributed by atoms with Gasteiger partial charge in [0, 0.05) is 6.42 Å². The monoisotopic (exact) mass is 158 g/mol. The van der Waals surface area contributed by atoms with Crippen LogP contribution in [-0.2, 0) is 4.79 Å². The van der Waals surface area contributed by atoms with Crippen LogP contribution < -0.4 is 0 Å². The fourth-order valence-corrected chi connectivity index (χ4v) is 1.67. The largest absolute Gasteiger partial charge is 0.294 e. The Bertz CT molecular complexity index is 193. The van der Waals surface area contributed by atoms with Crippen molar-refractivity contribution in [2.24, 2.45) is 0 Å². The molecule has 1 heterocycles. The molecule has 0 unspecified atom stereocenters. The molecule has 0 amide bonds. The molecule has 0 saturated carbocycles. The summed E-state index contributed by atoms with van der Waals surface area (Å²) in [5.74, 6) is 0.125. The van der Waals surface area contributed by atoms with Gasteiger partial charge in [-0.3, -0.25) is 4.79 Å². The summed E-state index contributed by atoms with van der Waals surface area (Å²) in [5.41, 5.74) is 0. The smallest absolute Gasteiger partial charge is 0.166 e. The van der Waals surface area contributed by atoms with Crippen LogP contribution in [-0.4, -0.2) is 9.98 Å². The number of rotatable bonds is 1. The fraction of sp³-hybridized carbons (Fsp3) is 0.333. The van der Waals surface area contributed by atoms with E-state index in [9.17, 15) is 4.79 Å². The van der Waals surface area contributed by atoms with E-state index in [1.165, 1.54) is 11.8 Å². The normalized spacial score (nSPS) is 17.9. The van der Waals surface area contributed by atoms with Crippen molar-refractivity contribution < 1.29 is 4.79 Å². The minimum atomic E-state index is 0.125. The molecule has 1 aliphatic rings. The molecule has 0 bridgehead atoms. The fourth-order valence-electron chi connectivity index (χ4n) is 0.598. The second-order valence-electron chi connectivity index (χ2n) is 1.80. The summed E-state index contributed by atoms with van der Waals surface area (Å²) in [4.78, 5) is 11.4. The molecule has 9 heavy (non-hydrogen) atoms. The van der Waals surface area contributed by atoms with Crippen molar-refractivity contribution in [1.82, 2.24) is 0 Å². The number of carbonyl (C=O) groups excluding carboxylic acids is 1. The van der Waals surface area contributed by atoms with Gasteiger partial charge in [0.2, 0.25) is 0 Å². The van der Waals surface area contributed by atoms with Crippen LogP contribution in [0.2, 0.25) is 0 Å². The molecular formula is C6H6OS2. The van der Waals surface area contributed by atoms with E-state index in [2.05, 4.69) is 0 Å². The minimum absolute atomic E-state index is 0.125. The van der Waals surface area contributed by atoms with Crippen molar-refractivity contribution >= 4 is 34.0 Å². The lowest BCUT2D eigenvalue weighted by Gasteiger charge is -1.89. The van der Waals surface area contributed by atoms with Gasteiger partial charge in [-0.1, -0.05) is 30.1 Å². The number of carbonyl (C=O) groups is 1. The van der Waals surface area contributed by atoms with E-state index in [1.807, 2.05) is 6.08 Å². The van der Waals surface area contributed by atoms with Crippen molar-refractivity contribution in [3.63, 3.8) is 0 Å². The maximum atomic E-state index is 10.6. The molecule has 0 aromatic carbocycles. The molecule has 0 fully saturated rings. The molecule has 1 nitrogen and oxygen atoms in total. The summed E-state index contributed by atoms with van der Waals surface area (Å²) in [7, 11) is 0. The van der Waals surface area contributed by atoms with Gasteiger partial charge in [-0.25, -0.2) is 0 Å². The minimum Gasteiger partial charge on any atom is -0.294 e. The van der Waals surface area contributed by atoms with Gasteiger partial charge in [0.25, 0.3) is 0 Å². The Kier molecular flexibility index (Phi) is 2.03. The first-order valence-corrected chi connectivity index (χ1v) is 3.84. The van der Waals surface area contributed by atoms with E-state index in [-0.39, 0.29) is 5.78 Å². The zero-order valence-corrected chi connectivity index (χ0v) is 6.64. The highest BCUT2D eigenvalue weighted by atomic mass is 32.2. The third kappa shape index (κ3) is 1.63. The van der Waals surface area contributed by atoms with Crippen molar-refractivity contribution in [3.05, 3.63) is 11.0 Å². The number of thiocarbonyl (C=S) groups is 1. The van der Waals surface area contributed by atoms with Crippen LogP contribution in [0.5, 0.6) is 0 Å². The van der Waals surface area contributed by atoms with Crippen LogP contribution in [0.25, 0.3) is 0 Å². The van der Waals surface area contributed by atoms with Crippen LogP contribution in [0.1, 0.15) is 13.3 Å². The SMILES string of the molecule is CC(=O)C1=CCC(=S)S1. The second-order valence-corrected chi connectivity index (χ2v) is 3.69. The number of ketones is 1. The Morgan fingerprint density at radius 1 is 1.89 bits per heavy atom. The van der Waals surface area contributed by atoms with Gasteiger partial charge < -0.3 is 0 Å². The van der Waals surface area contributed by atoms with Crippen LogP contribution in [0.3, 0.4) is 0 Å². The molecular weight excluding hydrogens is 152 g/mol. The van der Waals surface area contributed by atoms with Gasteiger partial charge in [-0.15, -0.1) is 0 Å². The molecule has 0 aliphatic carbocycles. The van der Waals surface area contributed by atoms with Crippen LogP contribution in [0.15, 0.2) is 11.0 Å². The van der Waals surface area contributed by atoms with Gasteiger partial charge in [0.05, 0.1) is 9.10 Å². The maximum absolute atomic E-state index is 10.6. The third-order valence-corrected chi connectivity index (χ3v) is 2.51. The predicted molar refractivity (Wildman–Crippen MR) is 43.6 cm³/mol. The van der Waals surface area contributed by atoms with E-state index >= 15 is 0 Å². The molecule has 0 spiro atoms. The van der Waals surface area contributed by atoms with Crippen molar-refractivity contribution in [2.75, 3.05) is 0 Å². The molecule has 3 heteroatoms. The topological polar surface area (TPSA) is 17.1 Å². The molecule has 0 aromatic heterocycles. The molecule has 48 valence electrons. The lowest BCUT2D eigenvalue weighted by atomic mass is 10.3. The Labute approximate surface area is 63.5 Å². The summed E-state index contributed by atoms with van der Waals surface area (Å²) >= 11 is 6.29. The maximum Gasteiger partial charge on any atom is 0.166 e. The number of Topliss-reactive ketones (excluding diaryl/α,β-unsaturated/α-hetero) is 1. The zero-order chi connectivity index (χ0) is 6.85. The van der Waals surface area contributed by atoms with Gasteiger partial charge in [0.1, 0.15) is 0 Å². The summed E-state index contributed by atoms with van der Waals surface area (Å²) in [6.07, 6.45) is 2.67. The molecule has 1 aliphatic heterocycles. The van der Waals surface area contributed by atoms with Gasteiger partial charge in [-0.2, -0.15) is 0 Å². The van der Waals surface area contributed by atoms with E-state index < -0.39 is 0 Å². The van der Waals surface area contributed by atoms with Crippen molar-refractivity contribution in [1.29, 1.82) is 0 Å². The van der Waals surface area contributed by atoms with Crippen LogP contribution >= 0.6 is 24.0 Å². The standard InChI is InChI=1S/C6H6OS2/c1-4(7)5-2-3-6(8)9-5/h2H,3H2,1H3. The van der Waals surface area contributed by atoms with E-state index in [4.69, 9.17) is 12.2 Å². The first kappa shape index (κ1) is 6.96. The molecule has 0 saturated heterocycles. The highest BCUT2D eigenvalue weighted by molar-refractivity contribution is 8.26. The number of allylic oxidation sites excluding steroid dienone is 2. The lowest BCUT2D eigenvalue weighted by molar-refractivity contribution is -0.112. The van der Waals surface area contributed by atoms with E-state index in [0.29, 0.717) is 0 Å². The first-order chi connectivity index (χ1) is 4.20. The summed E-state index contributed by atoms with van der Waals surface area (Å²) in [6.45, 7) is 1.56. The Morgan fingerprint density at radius 3 is 2.78 bits per heavy atom. The Hall–Kier alpha value is -0.150. The van der Waals surface area contributed by atoms with Crippen molar-refractivity contribution in [2.45, 2.75) is 13.3 Å². The van der Waals surface area contributed by atoms with Gasteiger partial charge in [0.15, 0.2) is 5.78 Å².